The number of carbonyl (C=O) groups excluding carboxylic acids is 1. The highest BCUT2D eigenvalue weighted by molar-refractivity contribution is 5.93. The third kappa shape index (κ3) is 4.73. The third-order valence-corrected chi connectivity index (χ3v) is 5.87. The summed E-state index contributed by atoms with van der Waals surface area (Å²) in [5, 5.41) is 8.35. The zero-order valence-electron chi connectivity index (χ0n) is 19.4. The minimum Gasteiger partial charge on any atom is -0.335 e. The number of piperazine rings is 1. The Labute approximate surface area is 190 Å². The first-order valence-electron chi connectivity index (χ1n) is 10.8. The fraction of sp³-hybridized carbons (Fsp3) is 0.545. The molecule has 1 amide bonds. The average molecular weight is 464 g/mol. The van der Waals surface area contributed by atoms with Gasteiger partial charge in [0.25, 0.3) is 5.91 Å². The predicted octanol–water partition coefficient (Wildman–Crippen LogP) is 3.05. The van der Waals surface area contributed by atoms with E-state index in [1.807, 2.05) is 20.2 Å². The molecule has 178 valence electrons. The van der Waals surface area contributed by atoms with E-state index in [9.17, 15) is 18.0 Å². The quantitative estimate of drug-likeness (QED) is 0.597. The molecule has 1 aliphatic heterocycles. The standard InChI is InChI=1S/C22H28F3N7O/c1-14-15(12-29(5)27-14)13-30-6-8-31(9-7-30)20(33)16-10-19-26-17(21(2,3)4)11-18(22(23,24)25)32(19)28-16/h10-12H,6-9,13H2,1-5H3. The summed E-state index contributed by atoms with van der Waals surface area (Å²) in [5.74, 6) is -0.386. The lowest BCUT2D eigenvalue weighted by Gasteiger charge is -2.34. The van der Waals surface area contributed by atoms with Crippen molar-refractivity contribution in [2.45, 2.75) is 45.8 Å². The molecule has 1 fully saturated rings. The number of hydrogen-bond donors (Lipinski definition) is 0. The van der Waals surface area contributed by atoms with E-state index < -0.39 is 17.3 Å². The fourth-order valence-electron chi connectivity index (χ4n) is 3.98. The molecule has 0 bridgehead atoms. The van der Waals surface area contributed by atoms with Crippen LogP contribution in [0.2, 0.25) is 0 Å². The van der Waals surface area contributed by atoms with Crippen LogP contribution in [-0.2, 0) is 25.2 Å². The molecular weight excluding hydrogens is 435 g/mol. The van der Waals surface area contributed by atoms with Crippen LogP contribution in [0.1, 0.15) is 53.9 Å². The summed E-state index contributed by atoms with van der Waals surface area (Å²) in [6.45, 7) is 10.3. The molecule has 0 spiro atoms. The fourth-order valence-corrected chi connectivity index (χ4v) is 3.98. The molecule has 0 aromatic carbocycles. The minimum absolute atomic E-state index is 0.0174. The Balaban J connectivity index is 1.53. The lowest BCUT2D eigenvalue weighted by Crippen LogP contribution is -2.48. The van der Waals surface area contributed by atoms with Crippen LogP contribution in [-0.4, -0.2) is 66.3 Å². The molecule has 0 atom stereocenters. The van der Waals surface area contributed by atoms with E-state index in [1.54, 1.807) is 30.4 Å². The second kappa shape index (κ2) is 8.12. The van der Waals surface area contributed by atoms with Crippen LogP contribution >= 0.6 is 0 Å². The summed E-state index contributed by atoms with van der Waals surface area (Å²) >= 11 is 0. The Morgan fingerprint density at radius 2 is 1.73 bits per heavy atom. The van der Waals surface area contributed by atoms with E-state index in [0.717, 1.165) is 28.4 Å². The molecule has 1 saturated heterocycles. The number of aromatic nitrogens is 5. The largest absolute Gasteiger partial charge is 0.433 e. The summed E-state index contributed by atoms with van der Waals surface area (Å²) in [5.41, 5.74) is 0.869. The first kappa shape index (κ1) is 23.2. The molecule has 4 heterocycles. The summed E-state index contributed by atoms with van der Waals surface area (Å²) in [7, 11) is 1.88. The highest BCUT2D eigenvalue weighted by atomic mass is 19.4. The molecule has 0 N–H and O–H groups in total. The summed E-state index contributed by atoms with van der Waals surface area (Å²) in [4.78, 5) is 21.3. The van der Waals surface area contributed by atoms with Crippen LogP contribution in [0.4, 0.5) is 13.2 Å². The Bertz CT molecular complexity index is 1180. The summed E-state index contributed by atoms with van der Waals surface area (Å²) < 4.78 is 43.6. The molecule has 8 nitrogen and oxygen atoms in total. The number of nitrogens with zero attached hydrogens (tertiary/aromatic N) is 7. The number of amides is 1. The zero-order valence-corrected chi connectivity index (χ0v) is 19.4. The highest BCUT2D eigenvalue weighted by Crippen LogP contribution is 2.32. The van der Waals surface area contributed by atoms with Crippen molar-refractivity contribution >= 4 is 11.6 Å². The molecule has 0 aliphatic carbocycles. The van der Waals surface area contributed by atoms with Crippen molar-refractivity contribution in [3.05, 3.63) is 46.7 Å². The van der Waals surface area contributed by atoms with E-state index in [-0.39, 0.29) is 17.2 Å². The van der Waals surface area contributed by atoms with Gasteiger partial charge in [-0.1, -0.05) is 20.8 Å². The SMILES string of the molecule is Cc1nn(C)cc1CN1CCN(C(=O)c2cc3nc(C(C)(C)C)cc(C(F)(F)F)n3n2)CC1. The minimum atomic E-state index is -4.62. The number of halogens is 3. The van der Waals surface area contributed by atoms with Gasteiger partial charge in [0.05, 0.1) is 11.4 Å². The maximum atomic E-state index is 13.7. The number of aryl methyl sites for hydroxylation is 2. The number of hydrogen-bond acceptors (Lipinski definition) is 5. The number of carbonyl (C=O) groups is 1. The van der Waals surface area contributed by atoms with Gasteiger partial charge in [-0.25, -0.2) is 9.50 Å². The van der Waals surface area contributed by atoms with Crippen molar-refractivity contribution in [3.63, 3.8) is 0 Å². The van der Waals surface area contributed by atoms with Crippen LogP contribution in [0.5, 0.6) is 0 Å². The van der Waals surface area contributed by atoms with Crippen LogP contribution in [0.3, 0.4) is 0 Å². The van der Waals surface area contributed by atoms with Gasteiger partial charge < -0.3 is 4.90 Å². The second-order valence-electron chi connectivity index (χ2n) is 9.56. The highest BCUT2D eigenvalue weighted by Gasteiger charge is 2.37. The topological polar surface area (TPSA) is 71.6 Å². The molecule has 3 aromatic rings. The third-order valence-electron chi connectivity index (χ3n) is 5.87. The van der Waals surface area contributed by atoms with Gasteiger partial charge in [-0.05, 0) is 13.0 Å². The molecule has 0 unspecified atom stereocenters. The van der Waals surface area contributed by atoms with E-state index >= 15 is 0 Å². The Hall–Kier alpha value is -2.95. The van der Waals surface area contributed by atoms with Crippen molar-refractivity contribution in [1.82, 2.24) is 34.2 Å². The van der Waals surface area contributed by atoms with Crippen LogP contribution in [0, 0.1) is 6.92 Å². The molecule has 0 radical (unpaired) electrons. The van der Waals surface area contributed by atoms with Crippen LogP contribution in [0.15, 0.2) is 18.3 Å². The summed E-state index contributed by atoms with van der Waals surface area (Å²) in [6, 6.07) is 2.35. The first-order valence-corrected chi connectivity index (χ1v) is 10.8. The van der Waals surface area contributed by atoms with Gasteiger partial charge in [-0.3, -0.25) is 14.4 Å². The molecule has 1 aliphatic rings. The van der Waals surface area contributed by atoms with Gasteiger partial charge in [-0.2, -0.15) is 23.4 Å². The van der Waals surface area contributed by atoms with Crippen molar-refractivity contribution in [2.24, 2.45) is 7.05 Å². The molecular formula is C22H28F3N7O. The maximum Gasteiger partial charge on any atom is 0.433 e. The predicted molar refractivity (Wildman–Crippen MR) is 116 cm³/mol. The lowest BCUT2D eigenvalue weighted by molar-refractivity contribution is -0.142. The lowest BCUT2D eigenvalue weighted by atomic mass is 9.91. The monoisotopic (exact) mass is 463 g/mol. The van der Waals surface area contributed by atoms with Crippen molar-refractivity contribution < 1.29 is 18.0 Å². The zero-order chi connectivity index (χ0) is 24.1. The Morgan fingerprint density at radius 1 is 1.06 bits per heavy atom. The molecule has 11 heteroatoms. The average Bonchev–Trinajstić information content (AvgIpc) is 3.28. The van der Waals surface area contributed by atoms with E-state index in [1.165, 1.54) is 6.07 Å². The van der Waals surface area contributed by atoms with Crippen molar-refractivity contribution in [1.29, 1.82) is 0 Å². The number of fused-ring (bicyclic) bond motifs is 1. The number of rotatable bonds is 3. The van der Waals surface area contributed by atoms with Gasteiger partial charge in [0.2, 0.25) is 0 Å². The van der Waals surface area contributed by atoms with Crippen molar-refractivity contribution in [2.75, 3.05) is 26.2 Å². The molecule has 0 saturated carbocycles. The van der Waals surface area contributed by atoms with Crippen LogP contribution in [0.25, 0.3) is 5.65 Å². The van der Waals surface area contributed by atoms with E-state index in [4.69, 9.17) is 0 Å². The molecule has 4 rings (SSSR count). The Kier molecular flexibility index (Phi) is 5.71. The van der Waals surface area contributed by atoms with Gasteiger partial charge in [0.15, 0.2) is 11.3 Å². The Morgan fingerprint density at radius 3 is 2.27 bits per heavy atom. The molecule has 33 heavy (non-hydrogen) atoms. The van der Waals surface area contributed by atoms with E-state index in [0.29, 0.717) is 31.9 Å². The smallest absolute Gasteiger partial charge is 0.335 e. The van der Waals surface area contributed by atoms with Gasteiger partial charge in [-0.15, -0.1) is 0 Å². The summed E-state index contributed by atoms with van der Waals surface area (Å²) in [6.07, 6.45) is -2.63. The molecule has 3 aromatic heterocycles. The van der Waals surface area contributed by atoms with Crippen molar-refractivity contribution in [3.8, 4) is 0 Å². The van der Waals surface area contributed by atoms with Gasteiger partial charge in [0, 0.05) is 63.0 Å². The van der Waals surface area contributed by atoms with Crippen LogP contribution < -0.4 is 0 Å². The normalized spacial score (nSPS) is 16.1. The van der Waals surface area contributed by atoms with Gasteiger partial charge in [0.1, 0.15) is 5.69 Å². The second-order valence-corrected chi connectivity index (χ2v) is 9.56. The van der Waals surface area contributed by atoms with E-state index in [2.05, 4.69) is 20.1 Å². The first-order chi connectivity index (χ1) is 15.3. The maximum absolute atomic E-state index is 13.7. The number of alkyl halides is 3. The van der Waals surface area contributed by atoms with Gasteiger partial charge >= 0.3 is 6.18 Å².